The van der Waals surface area contributed by atoms with E-state index in [0.29, 0.717) is 0 Å². The van der Waals surface area contributed by atoms with Gasteiger partial charge in [0.15, 0.2) is 0 Å². The maximum absolute atomic E-state index is 8.53. The van der Waals surface area contributed by atoms with E-state index in [9.17, 15) is 0 Å². The lowest BCUT2D eigenvalue weighted by molar-refractivity contribution is 0.590. The molecule has 0 amide bonds. The summed E-state index contributed by atoms with van der Waals surface area (Å²) in [5, 5.41) is 2.09. The summed E-state index contributed by atoms with van der Waals surface area (Å²) in [4.78, 5) is 5.22. The van der Waals surface area contributed by atoms with Crippen molar-refractivity contribution >= 4 is 33.0 Å². The fourth-order valence-electron chi connectivity index (χ4n) is 5.78. The number of furan rings is 1. The van der Waals surface area contributed by atoms with Gasteiger partial charge in [-0.3, -0.25) is 4.57 Å². The highest BCUT2D eigenvalue weighted by Gasteiger charge is 2.23. The van der Waals surface area contributed by atoms with E-state index in [2.05, 4.69) is 116 Å². The Morgan fingerprint density at radius 1 is 0.756 bits per heavy atom. The predicted octanol–water partition coefficient (Wildman–Crippen LogP) is 10.7. The van der Waals surface area contributed by atoms with E-state index in [1.54, 1.807) is 0 Å². The number of rotatable bonds is 4. The summed E-state index contributed by atoms with van der Waals surface area (Å²) in [5.41, 5.74) is 10.1. The van der Waals surface area contributed by atoms with Gasteiger partial charge in [-0.25, -0.2) is 4.98 Å². The zero-order valence-electron chi connectivity index (χ0n) is 25.2. The van der Waals surface area contributed by atoms with Gasteiger partial charge in [0, 0.05) is 17.7 Å². The zero-order chi connectivity index (χ0) is 29.2. The summed E-state index contributed by atoms with van der Waals surface area (Å²) in [6.45, 7) is 10.6. The second-order valence-electron chi connectivity index (χ2n) is 12.1. The van der Waals surface area contributed by atoms with Crippen molar-refractivity contribution in [2.24, 2.45) is 0 Å². The first-order chi connectivity index (χ1) is 20.1. The Balaban J connectivity index is 1.54. The van der Waals surface area contributed by atoms with Gasteiger partial charge < -0.3 is 4.42 Å². The molecule has 3 nitrogen and oxygen atoms in total. The third kappa shape index (κ3) is 4.24. The normalized spacial score (nSPS) is 12.9. The van der Waals surface area contributed by atoms with Crippen molar-refractivity contribution in [3.63, 3.8) is 0 Å². The molecule has 2 heterocycles. The first-order valence-electron chi connectivity index (χ1n) is 14.7. The van der Waals surface area contributed by atoms with Crippen LogP contribution in [0.5, 0.6) is 0 Å². The minimum absolute atomic E-state index is 0.00817. The molecule has 3 heteroatoms. The molecular formula is C38H34N2O. The average Bonchev–Trinajstić information content (AvgIpc) is 3.54. The maximum Gasteiger partial charge on any atom is 0.149 e. The number of benzene rings is 5. The van der Waals surface area contributed by atoms with Gasteiger partial charge in [0.25, 0.3) is 0 Å². The molecule has 0 aliphatic heterocycles. The van der Waals surface area contributed by atoms with Crippen LogP contribution in [0.1, 0.15) is 53.0 Å². The fourth-order valence-corrected chi connectivity index (χ4v) is 5.78. The van der Waals surface area contributed by atoms with Gasteiger partial charge in [0.2, 0.25) is 0 Å². The molecule has 0 saturated carbocycles. The molecule has 0 aliphatic carbocycles. The number of para-hydroxylation sites is 3. The second-order valence-corrected chi connectivity index (χ2v) is 12.1. The van der Waals surface area contributed by atoms with Crippen LogP contribution in [0.25, 0.3) is 61.2 Å². The van der Waals surface area contributed by atoms with E-state index in [0.717, 1.165) is 66.7 Å². The van der Waals surface area contributed by atoms with Crippen molar-refractivity contribution in [3.05, 3.63) is 120 Å². The molecule has 0 fully saturated rings. The highest BCUT2D eigenvalue weighted by molar-refractivity contribution is 6.09. The van der Waals surface area contributed by atoms with Crippen LogP contribution in [0, 0.1) is 0 Å². The van der Waals surface area contributed by atoms with Crippen molar-refractivity contribution in [1.29, 1.82) is 0 Å². The molecule has 7 rings (SSSR count). The lowest BCUT2D eigenvalue weighted by Gasteiger charge is -2.23. The molecule has 202 valence electrons. The summed E-state index contributed by atoms with van der Waals surface area (Å²) in [6, 6.07) is 38.1. The topological polar surface area (TPSA) is 31.0 Å². The summed E-state index contributed by atoms with van der Waals surface area (Å²) >= 11 is 0. The minimum Gasteiger partial charge on any atom is -0.455 e. The predicted molar refractivity (Wildman–Crippen MR) is 172 cm³/mol. The summed E-state index contributed by atoms with van der Waals surface area (Å²) in [6.07, 6.45) is 0. The number of hydrogen-bond donors (Lipinski definition) is 0. The van der Waals surface area contributed by atoms with Crippen molar-refractivity contribution < 1.29 is 5.79 Å². The molecule has 0 bridgehead atoms. The largest absolute Gasteiger partial charge is 0.455 e. The van der Waals surface area contributed by atoms with Gasteiger partial charge in [-0.05, 0) is 64.4 Å². The molecule has 0 N–H and O–H groups in total. The number of hydrogen-bond acceptors (Lipinski definition) is 2. The smallest absolute Gasteiger partial charge is 0.149 e. The van der Waals surface area contributed by atoms with Crippen LogP contribution in [0.3, 0.4) is 0 Å². The lowest BCUT2D eigenvalue weighted by Crippen LogP contribution is -2.12. The van der Waals surface area contributed by atoms with Crippen molar-refractivity contribution in [3.8, 4) is 28.2 Å². The maximum atomic E-state index is 8.53. The van der Waals surface area contributed by atoms with Crippen LogP contribution in [0.15, 0.2) is 114 Å². The SMILES string of the molecule is [2H]C(C)(C)c1ccc2c(c1)oc1c(-c3nc4ccccc4n3-c3ccc(C(C)(C)C)cc3-c3ccccc3)cccc12. The highest BCUT2D eigenvalue weighted by atomic mass is 16.3. The van der Waals surface area contributed by atoms with Crippen LogP contribution in [0.4, 0.5) is 0 Å². The van der Waals surface area contributed by atoms with E-state index in [1.807, 2.05) is 32.0 Å². The minimum atomic E-state index is -0.711. The van der Waals surface area contributed by atoms with Crippen LogP contribution in [-0.4, -0.2) is 9.55 Å². The van der Waals surface area contributed by atoms with Gasteiger partial charge in [-0.2, -0.15) is 0 Å². The summed E-state index contributed by atoms with van der Waals surface area (Å²) in [7, 11) is 0. The molecule has 0 spiro atoms. The van der Waals surface area contributed by atoms with Gasteiger partial charge >= 0.3 is 0 Å². The highest BCUT2D eigenvalue weighted by Crippen LogP contribution is 2.41. The van der Waals surface area contributed by atoms with E-state index in [1.165, 1.54) is 5.56 Å². The third-order valence-corrected chi connectivity index (χ3v) is 8.07. The van der Waals surface area contributed by atoms with Crippen molar-refractivity contribution in [1.82, 2.24) is 9.55 Å². The lowest BCUT2D eigenvalue weighted by atomic mass is 9.85. The van der Waals surface area contributed by atoms with Gasteiger partial charge in [0.1, 0.15) is 17.0 Å². The molecule has 0 radical (unpaired) electrons. The van der Waals surface area contributed by atoms with Crippen LogP contribution >= 0.6 is 0 Å². The van der Waals surface area contributed by atoms with E-state index in [4.69, 9.17) is 10.8 Å². The van der Waals surface area contributed by atoms with E-state index in [-0.39, 0.29) is 5.41 Å². The van der Waals surface area contributed by atoms with Crippen molar-refractivity contribution in [2.75, 3.05) is 0 Å². The van der Waals surface area contributed by atoms with Gasteiger partial charge in [0.05, 0.1) is 22.3 Å². The Morgan fingerprint density at radius 2 is 1.54 bits per heavy atom. The fraction of sp³-hybridized carbons (Fsp3) is 0.184. The van der Waals surface area contributed by atoms with Gasteiger partial charge in [-0.15, -0.1) is 0 Å². The Labute approximate surface area is 242 Å². The average molecular weight is 536 g/mol. The number of nitrogens with zero attached hydrogens (tertiary/aromatic N) is 2. The number of fused-ring (bicyclic) bond motifs is 4. The van der Waals surface area contributed by atoms with Crippen molar-refractivity contribution in [2.45, 2.75) is 45.9 Å². The Kier molecular flexibility index (Phi) is 5.60. The second kappa shape index (κ2) is 9.49. The van der Waals surface area contributed by atoms with Crippen LogP contribution in [0.2, 0.25) is 0 Å². The molecule has 2 aromatic heterocycles. The molecule has 41 heavy (non-hydrogen) atoms. The molecule has 0 unspecified atom stereocenters. The van der Waals surface area contributed by atoms with Crippen LogP contribution in [-0.2, 0) is 5.41 Å². The Bertz CT molecular complexity index is 2100. The number of imidazole rings is 1. The number of aromatic nitrogens is 2. The third-order valence-electron chi connectivity index (χ3n) is 8.07. The first kappa shape index (κ1) is 24.2. The Morgan fingerprint density at radius 3 is 2.32 bits per heavy atom. The monoisotopic (exact) mass is 535 g/mol. The quantitative estimate of drug-likeness (QED) is 0.224. The van der Waals surface area contributed by atoms with Crippen LogP contribution < -0.4 is 0 Å². The summed E-state index contributed by atoms with van der Waals surface area (Å²) < 4.78 is 17.4. The standard InChI is InChI=1S/C38H34N2O/c1-24(2)26-18-20-28-29-14-11-15-30(36(29)41-35(28)22-26)37-39-32-16-9-10-17-34(32)40(37)33-21-19-27(38(3,4)5)23-31(33)25-12-7-6-8-13-25/h6-24H,1-5H3/i24D. The first-order valence-corrected chi connectivity index (χ1v) is 14.2. The zero-order valence-corrected chi connectivity index (χ0v) is 24.2. The van der Waals surface area contributed by atoms with Gasteiger partial charge in [-0.1, -0.05) is 107 Å². The molecule has 5 aromatic carbocycles. The molecule has 0 atom stereocenters. The van der Waals surface area contributed by atoms with E-state index >= 15 is 0 Å². The molecule has 0 aliphatic rings. The van der Waals surface area contributed by atoms with E-state index < -0.39 is 5.89 Å². The molecule has 0 saturated heterocycles. The molecular weight excluding hydrogens is 500 g/mol. The molecule has 7 aromatic rings. The Hall–Kier alpha value is -4.63. The summed E-state index contributed by atoms with van der Waals surface area (Å²) in [5.74, 6) is 0.124.